The molecule has 2 unspecified atom stereocenters. The van der Waals surface area contributed by atoms with E-state index in [1.54, 1.807) is 0 Å². The Hall–Kier alpha value is -3.08. The summed E-state index contributed by atoms with van der Waals surface area (Å²) in [6.45, 7) is 2.57. The Morgan fingerprint density at radius 2 is 1.00 bits per heavy atom. The van der Waals surface area contributed by atoms with Gasteiger partial charge in [0.2, 0.25) is 0 Å². The molecule has 0 radical (unpaired) electrons. The van der Waals surface area contributed by atoms with Gasteiger partial charge in [0.25, 0.3) is 0 Å². The van der Waals surface area contributed by atoms with Gasteiger partial charge in [-0.2, -0.15) is 0 Å². The third kappa shape index (κ3) is 37.8. The molecule has 0 fully saturated rings. The van der Waals surface area contributed by atoms with Gasteiger partial charge in [-0.15, -0.1) is 0 Å². The lowest BCUT2D eigenvalue weighted by Crippen LogP contribution is -2.34. The number of esters is 2. The normalized spacial score (nSPS) is 14.5. The Morgan fingerprint density at radius 1 is 0.571 bits per heavy atom. The molecule has 0 aromatic heterocycles. The Morgan fingerprint density at radius 3 is 1.54 bits per heavy atom. The maximum Gasteiger partial charge on any atom is 0.472 e. The van der Waals surface area contributed by atoms with Gasteiger partial charge in [0.1, 0.15) is 12.6 Å². The minimum absolute atomic E-state index is 0.111. The number of phosphoric acid groups is 1. The van der Waals surface area contributed by atoms with Gasteiger partial charge in [0, 0.05) is 12.8 Å². The lowest BCUT2D eigenvalue weighted by atomic mass is 10.1. The van der Waals surface area contributed by atoms with Gasteiger partial charge >= 0.3 is 25.7 Å². The molecule has 0 aliphatic carbocycles. The average Bonchev–Trinajstić information content (AvgIpc) is 3.17. The topological polar surface area (TPSA) is 172 Å². The predicted molar refractivity (Wildman–Crippen MR) is 226 cm³/mol. The van der Waals surface area contributed by atoms with Crippen LogP contribution in [0.3, 0.4) is 0 Å². The first kappa shape index (κ1) is 52.9. The van der Waals surface area contributed by atoms with Gasteiger partial charge in [-0.05, 0) is 57.8 Å². The van der Waals surface area contributed by atoms with Gasteiger partial charge in [-0.1, -0.05) is 157 Å². The average molecular weight is 808 g/mol. The van der Waals surface area contributed by atoms with Crippen molar-refractivity contribution in [3.63, 3.8) is 0 Å². The van der Waals surface area contributed by atoms with E-state index in [1.807, 2.05) is 36.5 Å². The van der Waals surface area contributed by atoms with Crippen molar-refractivity contribution in [3.8, 4) is 0 Å². The molecule has 0 aromatic carbocycles. The molecule has 56 heavy (non-hydrogen) atoms. The quantitative estimate of drug-likeness (QED) is 0.0235. The predicted octanol–water partition coefficient (Wildman–Crippen LogP) is 10.9. The Labute approximate surface area is 338 Å². The lowest BCUT2D eigenvalue weighted by Gasteiger charge is -2.20. The fraction of sp³-hybridized carbons (Fsp3) is 0.659. The Bertz CT molecular complexity index is 1230. The highest BCUT2D eigenvalue weighted by Gasteiger charge is 2.28. The number of carbonyl (C=O) groups excluding carboxylic acids is 2. The summed E-state index contributed by atoms with van der Waals surface area (Å²) in [6, 6.07) is -1.53. The van der Waals surface area contributed by atoms with Crippen molar-refractivity contribution >= 4 is 25.7 Å². The molecular weight excluding hydrogens is 733 g/mol. The van der Waals surface area contributed by atoms with Gasteiger partial charge in [0.05, 0.1) is 13.2 Å². The van der Waals surface area contributed by atoms with Crippen LogP contribution < -0.4 is 5.73 Å². The molecule has 0 aromatic rings. The Kier molecular flexibility index (Phi) is 36.6. The van der Waals surface area contributed by atoms with E-state index < -0.39 is 51.1 Å². The second-order valence-corrected chi connectivity index (χ2v) is 15.3. The maximum absolute atomic E-state index is 12.6. The highest BCUT2D eigenvalue weighted by atomic mass is 31.2. The lowest BCUT2D eigenvalue weighted by molar-refractivity contribution is -0.161. The summed E-state index contributed by atoms with van der Waals surface area (Å²) in [4.78, 5) is 45.9. The van der Waals surface area contributed by atoms with E-state index >= 15 is 0 Å². The number of unbranched alkanes of at least 4 members (excludes halogenated alkanes) is 16. The number of ether oxygens (including phenoxy) is 2. The number of aliphatic carboxylic acids is 1. The van der Waals surface area contributed by atoms with E-state index in [2.05, 4.69) is 54.8 Å². The summed E-state index contributed by atoms with van der Waals surface area (Å²) in [7, 11) is -4.73. The van der Waals surface area contributed by atoms with E-state index in [4.69, 9.17) is 24.8 Å². The van der Waals surface area contributed by atoms with Crippen LogP contribution in [0.15, 0.2) is 72.9 Å². The van der Waals surface area contributed by atoms with Crippen LogP contribution in [-0.4, -0.2) is 59.9 Å². The molecule has 11 nitrogen and oxygen atoms in total. The molecule has 0 rings (SSSR count). The van der Waals surface area contributed by atoms with E-state index in [1.165, 1.54) is 64.2 Å². The second-order valence-electron chi connectivity index (χ2n) is 13.9. The summed E-state index contributed by atoms with van der Waals surface area (Å²) in [5.74, 6) is -2.44. The number of hydrogen-bond acceptors (Lipinski definition) is 9. The first-order valence-electron chi connectivity index (χ1n) is 21.0. The number of allylic oxidation sites excluding steroid dienone is 12. The zero-order chi connectivity index (χ0) is 41.4. The van der Waals surface area contributed by atoms with Crippen molar-refractivity contribution in [2.24, 2.45) is 5.73 Å². The highest BCUT2D eigenvalue weighted by Crippen LogP contribution is 2.43. The van der Waals surface area contributed by atoms with Crippen LogP contribution in [0.25, 0.3) is 0 Å². The fourth-order valence-corrected chi connectivity index (χ4v) is 6.02. The molecular formula is C44H74NO10P. The molecule has 320 valence electrons. The molecule has 0 saturated carbocycles. The summed E-state index contributed by atoms with van der Waals surface area (Å²) in [5, 5.41) is 8.88. The molecule has 0 amide bonds. The van der Waals surface area contributed by atoms with Crippen LogP contribution >= 0.6 is 7.82 Å². The molecule has 0 bridgehead atoms. The van der Waals surface area contributed by atoms with Gasteiger partial charge in [0.15, 0.2) is 6.10 Å². The number of rotatable bonds is 38. The Balaban J connectivity index is 4.40. The molecule has 0 aliphatic rings. The first-order chi connectivity index (χ1) is 27.1. The first-order valence-corrected chi connectivity index (χ1v) is 22.5. The molecule has 0 saturated heterocycles. The largest absolute Gasteiger partial charge is 0.480 e. The molecule has 4 N–H and O–H groups in total. The third-order valence-electron chi connectivity index (χ3n) is 8.56. The number of carboxylic acid groups (broad SMARTS) is 1. The minimum Gasteiger partial charge on any atom is -0.480 e. The van der Waals surface area contributed by atoms with Crippen LogP contribution in [0, 0.1) is 0 Å². The smallest absolute Gasteiger partial charge is 0.472 e. The van der Waals surface area contributed by atoms with Gasteiger partial charge < -0.3 is 25.2 Å². The van der Waals surface area contributed by atoms with Crippen LogP contribution in [0.5, 0.6) is 0 Å². The summed E-state index contributed by atoms with van der Waals surface area (Å²) in [5.41, 5.74) is 5.32. The molecule has 12 heteroatoms. The van der Waals surface area contributed by atoms with Crippen molar-refractivity contribution in [1.29, 1.82) is 0 Å². The highest BCUT2D eigenvalue weighted by molar-refractivity contribution is 7.47. The molecule has 0 aliphatic heterocycles. The molecule has 3 atom stereocenters. The summed E-state index contributed by atoms with van der Waals surface area (Å²) in [6.07, 6.45) is 45.4. The van der Waals surface area contributed by atoms with Crippen molar-refractivity contribution in [1.82, 2.24) is 0 Å². The number of hydrogen-bond donors (Lipinski definition) is 3. The number of phosphoric ester groups is 1. The SMILES string of the molecule is CC/C=C/C=C/C=C/C=C/CCCCCC(=O)OC(COC(=O)CCCCCCCCCCCC/C=C/C=C/CCCCC)COP(=O)(O)OC[C@@H](N)C(=O)O. The van der Waals surface area contributed by atoms with Gasteiger partial charge in [-0.3, -0.25) is 23.4 Å². The summed E-state index contributed by atoms with van der Waals surface area (Å²) >= 11 is 0. The van der Waals surface area contributed by atoms with E-state index in [0.717, 1.165) is 51.4 Å². The number of carboxylic acids is 1. The second kappa shape index (κ2) is 38.8. The molecule has 0 heterocycles. The van der Waals surface area contributed by atoms with Crippen molar-refractivity contribution in [2.75, 3.05) is 19.8 Å². The zero-order valence-corrected chi connectivity index (χ0v) is 35.3. The third-order valence-corrected chi connectivity index (χ3v) is 9.51. The van der Waals surface area contributed by atoms with Gasteiger partial charge in [-0.25, -0.2) is 4.57 Å². The van der Waals surface area contributed by atoms with Crippen LogP contribution in [0.4, 0.5) is 0 Å². The number of nitrogens with two attached hydrogens (primary N) is 1. The summed E-state index contributed by atoms with van der Waals surface area (Å²) < 4.78 is 32.6. The van der Waals surface area contributed by atoms with E-state index in [-0.39, 0.29) is 19.4 Å². The van der Waals surface area contributed by atoms with Crippen molar-refractivity contribution < 1.29 is 47.5 Å². The van der Waals surface area contributed by atoms with Crippen molar-refractivity contribution in [2.45, 2.75) is 167 Å². The minimum atomic E-state index is -4.73. The maximum atomic E-state index is 12.6. The van der Waals surface area contributed by atoms with Crippen LogP contribution in [0.1, 0.15) is 155 Å². The number of carbonyl (C=O) groups is 3. The fourth-order valence-electron chi connectivity index (χ4n) is 5.24. The standard InChI is InChI=1S/C44H74NO10P/c1-3-5-7-9-11-13-15-17-18-19-20-21-22-24-25-27-29-31-33-35-42(46)52-37-40(38-53-56(50,51)54-39-41(45)44(48)49)55-43(47)36-34-32-30-28-26-23-16-14-12-10-8-6-4-2/h6,8,10-17,23,26,40-41H,3-5,7,9,18-22,24-25,27-39,45H2,1-2H3,(H,48,49)(H,50,51)/b8-6+,12-10+,13-11+,16-14+,17-15+,26-23+/t40?,41-/m1/s1. The van der Waals surface area contributed by atoms with Crippen LogP contribution in [0.2, 0.25) is 0 Å². The van der Waals surface area contributed by atoms with E-state index in [0.29, 0.717) is 12.8 Å². The van der Waals surface area contributed by atoms with E-state index in [9.17, 15) is 23.8 Å². The van der Waals surface area contributed by atoms with Crippen LogP contribution in [-0.2, 0) is 37.5 Å². The molecule has 0 spiro atoms. The van der Waals surface area contributed by atoms with Crippen molar-refractivity contribution in [3.05, 3.63) is 72.9 Å². The zero-order valence-electron chi connectivity index (χ0n) is 34.4. The monoisotopic (exact) mass is 808 g/mol.